The number of phenolic OH excluding ortho intramolecular Hbond substituents is 1. The summed E-state index contributed by atoms with van der Waals surface area (Å²) < 4.78 is 7.00. The fourth-order valence-corrected chi connectivity index (χ4v) is 3.28. The van der Waals surface area contributed by atoms with Gasteiger partial charge in [-0.05, 0) is 36.6 Å². The minimum Gasteiger partial charge on any atom is -0.504 e. The van der Waals surface area contributed by atoms with Crippen LogP contribution in [0.2, 0.25) is 0 Å². The zero-order valence-electron chi connectivity index (χ0n) is 14.6. The monoisotopic (exact) mass is 344 g/mol. The van der Waals surface area contributed by atoms with Crippen LogP contribution in [0.5, 0.6) is 11.5 Å². The summed E-state index contributed by atoms with van der Waals surface area (Å²) in [5, 5.41) is 16.8. The molecule has 0 aliphatic carbocycles. The maximum absolute atomic E-state index is 12.4. The van der Waals surface area contributed by atoms with E-state index in [1.807, 2.05) is 22.8 Å². The maximum Gasteiger partial charge on any atom is 0.317 e. The van der Waals surface area contributed by atoms with E-state index in [0.717, 1.165) is 31.5 Å². The minimum atomic E-state index is -0.0597. The molecule has 1 aromatic carbocycles. The first kappa shape index (κ1) is 17.1. The van der Waals surface area contributed by atoms with Gasteiger partial charge in [-0.2, -0.15) is 5.10 Å². The van der Waals surface area contributed by atoms with Crippen LogP contribution in [0.1, 0.15) is 30.0 Å². The summed E-state index contributed by atoms with van der Waals surface area (Å²) in [5.74, 6) is 0.955. The molecular formula is C18H24N4O3. The number of urea groups is 1. The van der Waals surface area contributed by atoms with Crippen LogP contribution < -0.4 is 10.1 Å². The number of carbonyl (C=O) groups excluding carboxylic acids is 1. The highest BCUT2D eigenvalue weighted by atomic mass is 16.5. The van der Waals surface area contributed by atoms with E-state index in [1.54, 1.807) is 18.2 Å². The average Bonchev–Trinajstić information content (AvgIpc) is 3.07. The van der Waals surface area contributed by atoms with E-state index in [4.69, 9.17) is 4.74 Å². The Hall–Kier alpha value is -2.70. The van der Waals surface area contributed by atoms with Gasteiger partial charge in [0.2, 0.25) is 0 Å². The number of phenols is 1. The molecular weight excluding hydrogens is 320 g/mol. The molecule has 0 unspecified atom stereocenters. The topological polar surface area (TPSA) is 79.6 Å². The summed E-state index contributed by atoms with van der Waals surface area (Å²) in [7, 11) is 3.46. The molecule has 0 radical (unpaired) electrons. The van der Waals surface area contributed by atoms with Crippen LogP contribution in [0.25, 0.3) is 0 Å². The van der Waals surface area contributed by atoms with Crippen molar-refractivity contribution in [2.45, 2.75) is 25.3 Å². The molecule has 25 heavy (non-hydrogen) atoms. The lowest BCUT2D eigenvalue weighted by atomic mass is 9.93. The van der Waals surface area contributed by atoms with E-state index in [1.165, 1.54) is 12.8 Å². The summed E-state index contributed by atoms with van der Waals surface area (Å²) in [5.41, 5.74) is 2.11. The second-order valence-electron chi connectivity index (χ2n) is 6.31. The molecule has 7 heteroatoms. The Labute approximate surface area is 147 Å². The van der Waals surface area contributed by atoms with Crippen LogP contribution in [0.3, 0.4) is 0 Å². The number of hydrogen-bond donors (Lipinski definition) is 2. The average molecular weight is 344 g/mol. The van der Waals surface area contributed by atoms with Gasteiger partial charge >= 0.3 is 6.03 Å². The molecule has 1 fully saturated rings. The number of aromatic hydroxyl groups is 1. The molecule has 0 saturated carbocycles. The fraction of sp³-hybridized carbons (Fsp3) is 0.444. The van der Waals surface area contributed by atoms with Crippen LogP contribution in [0, 0.1) is 0 Å². The molecule has 3 rings (SSSR count). The number of carbonyl (C=O) groups is 1. The lowest BCUT2D eigenvalue weighted by Crippen LogP contribution is -2.44. The van der Waals surface area contributed by atoms with Crippen molar-refractivity contribution in [2.24, 2.45) is 7.05 Å². The predicted molar refractivity (Wildman–Crippen MR) is 93.7 cm³/mol. The molecule has 2 amide bonds. The third-order valence-corrected chi connectivity index (χ3v) is 4.75. The van der Waals surface area contributed by atoms with E-state index in [0.29, 0.717) is 18.2 Å². The van der Waals surface area contributed by atoms with Crippen molar-refractivity contribution in [2.75, 3.05) is 20.2 Å². The molecule has 0 bridgehead atoms. The molecule has 1 aliphatic rings. The standard InChI is InChI=1S/C18H24N4O3/c1-21-15(5-8-20-21)14-6-9-22(10-7-14)18(24)19-12-13-3-4-16(23)17(11-13)25-2/h3-5,8,11,14,23H,6-7,9-10,12H2,1-2H3,(H,19,24). The molecule has 0 spiro atoms. The highest BCUT2D eigenvalue weighted by molar-refractivity contribution is 5.74. The van der Waals surface area contributed by atoms with Crippen molar-refractivity contribution in [1.82, 2.24) is 20.0 Å². The number of likely N-dealkylation sites (tertiary alicyclic amines) is 1. The molecule has 2 heterocycles. The number of aryl methyl sites for hydroxylation is 1. The number of methoxy groups -OCH3 is 1. The Morgan fingerprint density at radius 1 is 1.36 bits per heavy atom. The van der Waals surface area contributed by atoms with E-state index in [-0.39, 0.29) is 11.8 Å². The Kier molecular flexibility index (Phi) is 5.11. The lowest BCUT2D eigenvalue weighted by Gasteiger charge is -2.32. The maximum atomic E-state index is 12.4. The van der Waals surface area contributed by atoms with E-state index in [9.17, 15) is 9.90 Å². The van der Waals surface area contributed by atoms with Gasteiger partial charge in [0.15, 0.2) is 11.5 Å². The third-order valence-electron chi connectivity index (χ3n) is 4.75. The Bertz CT molecular complexity index is 736. The highest BCUT2D eigenvalue weighted by Crippen LogP contribution is 2.28. The van der Waals surface area contributed by atoms with Crippen LogP contribution in [0.15, 0.2) is 30.5 Å². The van der Waals surface area contributed by atoms with Gasteiger partial charge in [-0.25, -0.2) is 4.79 Å². The summed E-state index contributed by atoms with van der Waals surface area (Å²) in [4.78, 5) is 14.2. The number of nitrogens with zero attached hydrogens (tertiary/aromatic N) is 3. The molecule has 1 aliphatic heterocycles. The first-order valence-electron chi connectivity index (χ1n) is 8.45. The summed E-state index contributed by atoms with van der Waals surface area (Å²) in [6, 6.07) is 7.06. The minimum absolute atomic E-state index is 0.0597. The van der Waals surface area contributed by atoms with Gasteiger partial charge in [0.25, 0.3) is 0 Å². The van der Waals surface area contributed by atoms with Crippen molar-refractivity contribution in [3.63, 3.8) is 0 Å². The molecule has 7 nitrogen and oxygen atoms in total. The SMILES string of the molecule is COc1cc(CNC(=O)N2CCC(c3ccnn3C)CC2)ccc1O. The van der Waals surface area contributed by atoms with Gasteiger partial charge in [0.05, 0.1) is 7.11 Å². The predicted octanol–water partition coefficient (Wildman–Crippen LogP) is 2.22. The first-order valence-corrected chi connectivity index (χ1v) is 8.45. The van der Waals surface area contributed by atoms with Gasteiger partial charge in [-0.1, -0.05) is 6.07 Å². The summed E-state index contributed by atoms with van der Waals surface area (Å²) in [6.45, 7) is 1.87. The van der Waals surface area contributed by atoms with E-state index in [2.05, 4.69) is 16.5 Å². The second kappa shape index (κ2) is 7.46. The van der Waals surface area contributed by atoms with Crippen LogP contribution >= 0.6 is 0 Å². The van der Waals surface area contributed by atoms with E-state index < -0.39 is 0 Å². The van der Waals surface area contributed by atoms with Crippen LogP contribution in [-0.4, -0.2) is 46.0 Å². The number of benzene rings is 1. The summed E-state index contributed by atoms with van der Waals surface area (Å²) in [6.07, 6.45) is 3.71. The van der Waals surface area contributed by atoms with Gasteiger partial charge in [0, 0.05) is 44.5 Å². The van der Waals surface area contributed by atoms with Crippen molar-refractivity contribution in [1.29, 1.82) is 0 Å². The quantitative estimate of drug-likeness (QED) is 0.891. The van der Waals surface area contributed by atoms with Crippen LogP contribution in [0.4, 0.5) is 4.79 Å². The number of piperidine rings is 1. The van der Waals surface area contributed by atoms with Gasteiger partial charge in [-0.15, -0.1) is 0 Å². The second-order valence-corrected chi connectivity index (χ2v) is 6.31. The Morgan fingerprint density at radius 2 is 2.12 bits per heavy atom. The van der Waals surface area contributed by atoms with Crippen molar-refractivity contribution in [3.8, 4) is 11.5 Å². The first-order chi connectivity index (χ1) is 12.1. The zero-order chi connectivity index (χ0) is 17.8. The molecule has 0 atom stereocenters. The van der Waals surface area contributed by atoms with Gasteiger partial charge < -0.3 is 20.1 Å². The molecule has 134 valence electrons. The smallest absolute Gasteiger partial charge is 0.317 e. The molecule has 2 aromatic rings. The number of rotatable bonds is 4. The number of ether oxygens (including phenoxy) is 1. The number of aromatic nitrogens is 2. The number of hydrogen-bond acceptors (Lipinski definition) is 4. The fourth-order valence-electron chi connectivity index (χ4n) is 3.28. The molecule has 1 aromatic heterocycles. The number of amides is 2. The Balaban J connectivity index is 1.50. The van der Waals surface area contributed by atoms with Crippen molar-refractivity contribution in [3.05, 3.63) is 41.7 Å². The summed E-state index contributed by atoms with van der Waals surface area (Å²) >= 11 is 0. The molecule has 2 N–H and O–H groups in total. The number of nitrogens with one attached hydrogen (secondary N) is 1. The van der Waals surface area contributed by atoms with Gasteiger partial charge in [-0.3, -0.25) is 4.68 Å². The largest absolute Gasteiger partial charge is 0.504 e. The highest BCUT2D eigenvalue weighted by Gasteiger charge is 2.25. The van der Waals surface area contributed by atoms with Crippen molar-refractivity contribution >= 4 is 6.03 Å². The van der Waals surface area contributed by atoms with Crippen LogP contribution in [-0.2, 0) is 13.6 Å². The zero-order valence-corrected chi connectivity index (χ0v) is 14.6. The third kappa shape index (κ3) is 3.87. The molecule has 1 saturated heterocycles. The normalized spacial score (nSPS) is 15.2. The van der Waals surface area contributed by atoms with Crippen molar-refractivity contribution < 1.29 is 14.6 Å². The van der Waals surface area contributed by atoms with E-state index >= 15 is 0 Å². The lowest BCUT2D eigenvalue weighted by molar-refractivity contribution is 0.180. The van der Waals surface area contributed by atoms with Gasteiger partial charge in [0.1, 0.15) is 0 Å². The Morgan fingerprint density at radius 3 is 2.76 bits per heavy atom.